The van der Waals surface area contributed by atoms with Gasteiger partial charge in [-0.25, -0.2) is 0 Å². The van der Waals surface area contributed by atoms with Crippen molar-refractivity contribution < 1.29 is 9.21 Å². The maximum atomic E-state index is 12.8. The molecule has 2 aromatic heterocycles. The predicted octanol–water partition coefficient (Wildman–Crippen LogP) is 5.64. The Balaban J connectivity index is 1.49. The van der Waals surface area contributed by atoms with Crippen LogP contribution in [0.15, 0.2) is 76.5 Å². The van der Waals surface area contributed by atoms with Crippen molar-refractivity contribution in [3.8, 4) is 11.6 Å². The van der Waals surface area contributed by atoms with E-state index in [9.17, 15) is 4.79 Å². The lowest BCUT2D eigenvalue weighted by Crippen LogP contribution is -2.28. The second kappa shape index (κ2) is 10.3. The molecule has 0 N–H and O–H groups in total. The Hall–Kier alpha value is -2.74. The SMILES string of the molecule is CN(Cc1cccc(Cl)c1Cl)C(=O)CSc1nnc(-c2ccco2)n1Cc1ccccc1. The van der Waals surface area contributed by atoms with E-state index in [1.165, 1.54) is 11.8 Å². The molecule has 0 radical (unpaired) electrons. The first kappa shape index (κ1) is 22.5. The number of furan rings is 1. The monoisotopic (exact) mass is 486 g/mol. The van der Waals surface area contributed by atoms with Gasteiger partial charge in [-0.05, 0) is 29.3 Å². The van der Waals surface area contributed by atoms with Gasteiger partial charge in [-0.1, -0.05) is 77.4 Å². The topological polar surface area (TPSA) is 64.2 Å². The predicted molar refractivity (Wildman–Crippen MR) is 127 cm³/mol. The average Bonchev–Trinajstić information content (AvgIpc) is 3.46. The summed E-state index contributed by atoms with van der Waals surface area (Å²) in [5.74, 6) is 1.40. The second-order valence-corrected chi connectivity index (χ2v) is 8.83. The molecule has 4 rings (SSSR count). The zero-order chi connectivity index (χ0) is 22.5. The number of amides is 1. The van der Waals surface area contributed by atoms with Gasteiger partial charge < -0.3 is 9.32 Å². The normalized spacial score (nSPS) is 11.0. The van der Waals surface area contributed by atoms with Crippen LogP contribution in [-0.4, -0.2) is 38.4 Å². The van der Waals surface area contributed by atoms with Gasteiger partial charge in [0.05, 0.1) is 28.6 Å². The molecule has 2 aromatic carbocycles. The Morgan fingerprint density at radius 2 is 1.88 bits per heavy atom. The first-order chi connectivity index (χ1) is 15.5. The minimum absolute atomic E-state index is 0.0557. The molecule has 0 aliphatic heterocycles. The molecule has 1 amide bonds. The molecule has 0 fully saturated rings. The van der Waals surface area contributed by atoms with E-state index in [4.69, 9.17) is 27.6 Å². The fourth-order valence-corrected chi connectivity index (χ4v) is 4.40. The number of hydrogen-bond acceptors (Lipinski definition) is 5. The number of thioether (sulfide) groups is 1. The molecule has 4 aromatic rings. The van der Waals surface area contributed by atoms with Crippen molar-refractivity contribution in [1.29, 1.82) is 0 Å². The number of aromatic nitrogens is 3. The lowest BCUT2D eigenvalue weighted by molar-refractivity contribution is -0.127. The van der Waals surface area contributed by atoms with E-state index in [-0.39, 0.29) is 11.7 Å². The molecule has 9 heteroatoms. The van der Waals surface area contributed by atoms with Gasteiger partial charge in [0.15, 0.2) is 10.9 Å². The quantitative estimate of drug-likeness (QED) is 0.301. The third-order valence-electron chi connectivity index (χ3n) is 4.83. The number of hydrogen-bond donors (Lipinski definition) is 0. The van der Waals surface area contributed by atoms with Crippen LogP contribution >= 0.6 is 35.0 Å². The van der Waals surface area contributed by atoms with Crippen LogP contribution in [0.3, 0.4) is 0 Å². The van der Waals surface area contributed by atoms with Crippen molar-refractivity contribution in [2.45, 2.75) is 18.2 Å². The average molecular weight is 487 g/mol. The summed E-state index contributed by atoms with van der Waals surface area (Å²) in [4.78, 5) is 14.4. The van der Waals surface area contributed by atoms with Crippen LogP contribution in [0.4, 0.5) is 0 Å². The van der Waals surface area contributed by atoms with Gasteiger partial charge >= 0.3 is 0 Å². The summed E-state index contributed by atoms with van der Waals surface area (Å²) in [5.41, 5.74) is 1.90. The first-order valence-electron chi connectivity index (χ1n) is 9.83. The second-order valence-electron chi connectivity index (χ2n) is 7.11. The van der Waals surface area contributed by atoms with Crippen molar-refractivity contribution in [3.63, 3.8) is 0 Å². The number of benzene rings is 2. The molecule has 0 saturated heterocycles. The summed E-state index contributed by atoms with van der Waals surface area (Å²) in [6, 6.07) is 19.1. The van der Waals surface area contributed by atoms with Crippen LogP contribution in [0.1, 0.15) is 11.1 Å². The maximum Gasteiger partial charge on any atom is 0.233 e. The van der Waals surface area contributed by atoms with Crippen molar-refractivity contribution in [1.82, 2.24) is 19.7 Å². The van der Waals surface area contributed by atoms with Gasteiger partial charge in [0.25, 0.3) is 0 Å². The zero-order valence-corrected chi connectivity index (χ0v) is 19.6. The van der Waals surface area contributed by atoms with Gasteiger partial charge in [0, 0.05) is 13.6 Å². The summed E-state index contributed by atoms with van der Waals surface area (Å²) >= 11 is 13.7. The summed E-state index contributed by atoms with van der Waals surface area (Å²) in [7, 11) is 1.74. The fraction of sp³-hybridized carbons (Fsp3) is 0.174. The van der Waals surface area contributed by atoms with E-state index in [1.54, 1.807) is 24.3 Å². The van der Waals surface area contributed by atoms with Crippen LogP contribution in [-0.2, 0) is 17.9 Å². The van der Waals surface area contributed by atoms with Crippen LogP contribution < -0.4 is 0 Å². The van der Waals surface area contributed by atoms with Crippen molar-refractivity contribution in [2.75, 3.05) is 12.8 Å². The van der Waals surface area contributed by atoms with Crippen molar-refractivity contribution >= 4 is 40.9 Å². The third kappa shape index (κ3) is 5.18. The summed E-state index contributed by atoms with van der Waals surface area (Å²) in [6.45, 7) is 0.932. The standard InChI is InChI=1S/C23H20Cl2N4O2S/c1-28(14-17-9-5-10-18(24)21(17)25)20(30)15-32-23-27-26-22(19-11-6-12-31-19)29(23)13-16-7-3-2-4-8-16/h2-12H,13-15H2,1H3. The number of carbonyl (C=O) groups is 1. The molecule has 6 nitrogen and oxygen atoms in total. The highest BCUT2D eigenvalue weighted by atomic mass is 35.5. The van der Waals surface area contributed by atoms with Crippen LogP contribution in [0.5, 0.6) is 0 Å². The highest BCUT2D eigenvalue weighted by Crippen LogP contribution is 2.28. The maximum absolute atomic E-state index is 12.8. The number of carbonyl (C=O) groups excluding carboxylic acids is 1. The first-order valence-corrected chi connectivity index (χ1v) is 11.6. The molecule has 2 heterocycles. The lowest BCUT2D eigenvalue weighted by atomic mass is 10.2. The molecule has 164 valence electrons. The molecule has 0 atom stereocenters. The molecule has 0 unspecified atom stereocenters. The lowest BCUT2D eigenvalue weighted by Gasteiger charge is -2.18. The van der Waals surface area contributed by atoms with Crippen LogP contribution in [0.2, 0.25) is 10.0 Å². The molecule has 0 saturated carbocycles. The molecular formula is C23H20Cl2N4O2S. The molecule has 0 bridgehead atoms. The Bertz CT molecular complexity index is 1200. The molecule has 32 heavy (non-hydrogen) atoms. The number of halogens is 2. The van der Waals surface area contributed by atoms with E-state index in [0.717, 1.165) is 11.1 Å². The Morgan fingerprint density at radius 1 is 1.06 bits per heavy atom. The van der Waals surface area contributed by atoms with Gasteiger partial charge in [-0.15, -0.1) is 10.2 Å². The highest BCUT2D eigenvalue weighted by molar-refractivity contribution is 7.99. The third-order valence-corrected chi connectivity index (χ3v) is 6.64. The van der Waals surface area contributed by atoms with Gasteiger partial charge in [-0.2, -0.15) is 0 Å². The number of nitrogens with zero attached hydrogens (tertiary/aromatic N) is 4. The van der Waals surface area contributed by atoms with Crippen molar-refractivity contribution in [3.05, 3.63) is 88.1 Å². The highest BCUT2D eigenvalue weighted by Gasteiger charge is 2.19. The van der Waals surface area contributed by atoms with Gasteiger partial charge in [-0.3, -0.25) is 9.36 Å². The molecule has 0 spiro atoms. The van der Waals surface area contributed by atoms with E-state index in [1.807, 2.05) is 59.2 Å². The molecular weight excluding hydrogens is 467 g/mol. The Kier molecular flexibility index (Phi) is 7.19. The van der Waals surface area contributed by atoms with E-state index in [0.29, 0.717) is 39.9 Å². The van der Waals surface area contributed by atoms with Crippen LogP contribution in [0.25, 0.3) is 11.6 Å². The smallest absolute Gasteiger partial charge is 0.233 e. The van der Waals surface area contributed by atoms with Crippen LogP contribution in [0, 0.1) is 0 Å². The number of rotatable bonds is 8. The van der Waals surface area contributed by atoms with E-state index < -0.39 is 0 Å². The van der Waals surface area contributed by atoms with Crippen molar-refractivity contribution in [2.24, 2.45) is 0 Å². The minimum atomic E-state index is -0.0557. The van der Waals surface area contributed by atoms with E-state index in [2.05, 4.69) is 10.2 Å². The Morgan fingerprint density at radius 3 is 2.62 bits per heavy atom. The zero-order valence-electron chi connectivity index (χ0n) is 17.2. The van der Waals surface area contributed by atoms with E-state index >= 15 is 0 Å². The fourth-order valence-electron chi connectivity index (χ4n) is 3.14. The largest absolute Gasteiger partial charge is 0.461 e. The summed E-state index contributed by atoms with van der Waals surface area (Å²) in [5, 5.41) is 10.2. The summed E-state index contributed by atoms with van der Waals surface area (Å²) in [6.07, 6.45) is 1.60. The minimum Gasteiger partial charge on any atom is -0.461 e. The Labute approximate surface area is 200 Å². The van der Waals surface area contributed by atoms with Gasteiger partial charge in [0.1, 0.15) is 0 Å². The summed E-state index contributed by atoms with van der Waals surface area (Å²) < 4.78 is 7.49. The molecule has 0 aliphatic carbocycles. The van der Waals surface area contributed by atoms with Gasteiger partial charge in [0.2, 0.25) is 11.7 Å². The molecule has 0 aliphatic rings.